The number of ketones is 1. The van der Waals surface area contributed by atoms with E-state index in [0.29, 0.717) is 11.1 Å². The molecule has 1 aromatic carbocycles. The highest BCUT2D eigenvalue weighted by atomic mass is 127. The van der Waals surface area contributed by atoms with Gasteiger partial charge in [0.05, 0.1) is 11.3 Å². The van der Waals surface area contributed by atoms with Crippen molar-refractivity contribution in [2.45, 2.75) is 6.92 Å². The van der Waals surface area contributed by atoms with E-state index in [1.54, 1.807) is 12.1 Å². The second-order valence-corrected chi connectivity index (χ2v) is 3.71. The molecule has 0 spiro atoms. The number of nitriles is 1. The molecule has 1 rings (SSSR count). The molecule has 0 heterocycles. The number of carbonyl (C=O) groups excluding carboxylic acids is 1. The zero-order valence-electron chi connectivity index (χ0n) is 6.97. The molecule has 0 saturated carbocycles. The average molecular weight is 286 g/mol. The van der Waals surface area contributed by atoms with Crippen molar-refractivity contribution >= 4 is 34.1 Å². The van der Waals surface area contributed by atoms with Crippen LogP contribution in [0.15, 0.2) is 12.1 Å². The molecule has 13 heavy (non-hydrogen) atoms. The maximum Gasteiger partial charge on any atom is 0.161 e. The fraction of sp³-hybridized carbons (Fsp3) is 0.111. The summed E-state index contributed by atoms with van der Waals surface area (Å²) in [6.45, 7) is 1.43. The highest BCUT2D eigenvalue weighted by Crippen LogP contribution is 2.22. The number of nitrogen functional groups attached to an aromatic ring is 1. The molecule has 0 bridgehead atoms. The van der Waals surface area contributed by atoms with Crippen LogP contribution < -0.4 is 5.73 Å². The first-order valence-corrected chi connectivity index (χ1v) is 4.64. The SMILES string of the molecule is CC(=O)c1ccc(I)c(C#N)c1N. The van der Waals surface area contributed by atoms with Crippen LogP contribution in [-0.4, -0.2) is 5.78 Å². The Hall–Kier alpha value is -1.09. The fourth-order valence-electron chi connectivity index (χ4n) is 1.01. The number of Topliss-reactive ketones (excluding diaryl/α,β-unsaturated/α-hetero) is 1. The molecule has 2 N–H and O–H groups in total. The van der Waals surface area contributed by atoms with Crippen LogP contribution in [0.5, 0.6) is 0 Å². The van der Waals surface area contributed by atoms with E-state index >= 15 is 0 Å². The molecule has 3 nitrogen and oxygen atoms in total. The van der Waals surface area contributed by atoms with E-state index in [1.165, 1.54) is 6.92 Å². The lowest BCUT2D eigenvalue weighted by Gasteiger charge is -2.04. The average Bonchev–Trinajstić information content (AvgIpc) is 2.04. The third-order valence-electron chi connectivity index (χ3n) is 1.69. The van der Waals surface area contributed by atoms with Crippen molar-refractivity contribution in [1.29, 1.82) is 5.26 Å². The van der Waals surface area contributed by atoms with Crippen molar-refractivity contribution in [3.8, 4) is 6.07 Å². The zero-order chi connectivity index (χ0) is 10.0. The molecule has 1 aromatic rings. The number of nitrogens with two attached hydrogens (primary N) is 1. The lowest BCUT2D eigenvalue weighted by atomic mass is 10.1. The maximum absolute atomic E-state index is 11.1. The van der Waals surface area contributed by atoms with Gasteiger partial charge in [-0.1, -0.05) is 0 Å². The van der Waals surface area contributed by atoms with Gasteiger partial charge >= 0.3 is 0 Å². The summed E-state index contributed by atoms with van der Waals surface area (Å²) in [6.07, 6.45) is 0. The van der Waals surface area contributed by atoms with Gasteiger partial charge in [-0.2, -0.15) is 5.26 Å². The van der Waals surface area contributed by atoms with Crippen molar-refractivity contribution in [3.05, 3.63) is 26.8 Å². The lowest BCUT2D eigenvalue weighted by Crippen LogP contribution is -2.03. The second-order valence-electron chi connectivity index (χ2n) is 2.55. The predicted octanol–water partition coefficient (Wildman–Crippen LogP) is 1.95. The molecule has 0 saturated heterocycles. The van der Waals surface area contributed by atoms with Crippen molar-refractivity contribution in [2.75, 3.05) is 5.73 Å². The van der Waals surface area contributed by atoms with E-state index in [4.69, 9.17) is 11.0 Å². The van der Waals surface area contributed by atoms with Crippen molar-refractivity contribution in [1.82, 2.24) is 0 Å². The first kappa shape index (κ1) is 9.99. The lowest BCUT2D eigenvalue weighted by molar-refractivity contribution is 0.101. The minimum atomic E-state index is -0.120. The van der Waals surface area contributed by atoms with Crippen molar-refractivity contribution in [2.24, 2.45) is 0 Å². The number of rotatable bonds is 1. The summed E-state index contributed by atoms with van der Waals surface area (Å²) in [5, 5.41) is 8.76. The summed E-state index contributed by atoms with van der Waals surface area (Å²) < 4.78 is 0.766. The van der Waals surface area contributed by atoms with Gasteiger partial charge in [0.2, 0.25) is 0 Å². The minimum Gasteiger partial charge on any atom is -0.397 e. The molecule has 0 fully saturated rings. The van der Waals surface area contributed by atoms with E-state index in [-0.39, 0.29) is 11.5 Å². The Bertz CT molecular complexity index is 407. The largest absolute Gasteiger partial charge is 0.397 e. The highest BCUT2D eigenvalue weighted by Gasteiger charge is 2.11. The standard InChI is InChI=1S/C9H7IN2O/c1-5(13)6-2-3-8(10)7(4-11)9(6)12/h2-3H,12H2,1H3. The van der Waals surface area contributed by atoms with Crippen molar-refractivity contribution in [3.63, 3.8) is 0 Å². The van der Waals surface area contributed by atoms with Crippen LogP contribution in [0.25, 0.3) is 0 Å². The van der Waals surface area contributed by atoms with Gasteiger partial charge in [0.1, 0.15) is 6.07 Å². The van der Waals surface area contributed by atoms with E-state index in [9.17, 15) is 4.79 Å². The number of anilines is 1. The van der Waals surface area contributed by atoms with Gasteiger partial charge in [0, 0.05) is 9.13 Å². The Labute approximate surface area is 89.7 Å². The first-order valence-electron chi connectivity index (χ1n) is 3.57. The molecule has 0 aliphatic rings. The van der Waals surface area contributed by atoms with Gasteiger partial charge < -0.3 is 5.73 Å². The first-order chi connectivity index (χ1) is 6.07. The van der Waals surface area contributed by atoms with Crippen LogP contribution in [0.1, 0.15) is 22.8 Å². The summed E-state index contributed by atoms with van der Waals surface area (Å²) in [4.78, 5) is 11.1. The summed E-state index contributed by atoms with van der Waals surface area (Å²) in [5.41, 5.74) is 6.72. The number of hydrogen-bond acceptors (Lipinski definition) is 3. The van der Waals surface area contributed by atoms with Crippen LogP contribution in [0.4, 0.5) is 5.69 Å². The molecule has 4 heteroatoms. The molecule has 0 atom stereocenters. The third kappa shape index (κ3) is 1.80. The topological polar surface area (TPSA) is 66.9 Å². The molecule has 0 aliphatic carbocycles. The molecule has 0 amide bonds. The van der Waals surface area contributed by atoms with Crippen LogP contribution in [0.3, 0.4) is 0 Å². The van der Waals surface area contributed by atoms with Gasteiger partial charge in [-0.05, 0) is 41.6 Å². The monoisotopic (exact) mass is 286 g/mol. The number of carbonyl (C=O) groups is 1. The number of benzene rings is 1. The highest BCUT2D eigenvalue weighted by molar-refractivity contribution is 14.1. The fourth-order valence-corrected chi connectivity index (χ4v) is 1.60. The summed E-state index contributed by atoms with van der Waals surface area (Å²) in [7, 11) is 0. The van der Waals surface area contributed by atoms with Gasteiger partial charge in [0.25, 0.3) is 0 Å². The van der Waals surface area contributed by atoms with Gasteiger partial charge in [0.15, 0.2) is 5.78 Å². The molecule has 0 aliphatic heterocycles. The summed E-state index contributed by atoms with van der Waals surface area (Å²) in [5.74, 6) is -0.120. The number of hydrogen-bond donors (Lipinski definition) is 1. The Morgan fingerprint density at radius 3 is 2.69 bits per heavy atom. The Balaban J connectivity index is 3.47. The normalized spacial score (nSPS) is 9.31. The Kier molecular flexibility index (Phi) is 2.88. The second kappa shape index (κ2) is 3.75. The van der Waals surface area contributed by atoms with Crippen LogP contribution in [-0.2, 0) is 0 Å². The van der Waals surface area contributed by atoms with E-state index in [2.05, 4.69) is 0 Å². The Morgan fingerprint density at radius 2 is 2.23 bits per heavy atom. The number of nitrogens with zero attached hydrogens (tertiary/aromatic N) is 1. The Morgan fingerprint density at radius 1 is 1.62 bits per heavy atom. The molecule has 0 aromatic heterocycles. The number of halogens is 1. The van der Waals surface area contributed by atoms with Gasteiger partial charge in [-0.3, -0.25) is 4.79 Å². The molecular formula is C9H7IN2O. The van der Waals surface area contributed by atoms with E-state index in [1.807, 2.05) is 28.7 Å². The molecule has 0 radical (unpaired) electrons. The van der Waals surface area contributed by atoms with Crippen molar-refractivity contribution < 1.29 is 4.79 Å². The van der Waals surface area contributed by atoms with E-state index < -0.39 is 0 Å². The summed E-state index contributed by atoms with van der Waals surface area (Å²) in [6, 6.07) is 5.33. The smallest absolute Gasteiger partial charge is 0.161 e. The van der Waals surface area contributed by atoms with Gasteiger partial charge in [-0.25, -0.2) is 0 Å². The van der Waals surface area contributed by atoms with Gasteiger partial charge in [-0.15, -0.1) is 0 Å². The third-order valence-corrected chi connectivity index (χ3v) is 2.58. The predicted molar refractivity (Wildman–Crippen MR) is 58.3 cm³/mol. The summed E-state index contributed by atoms with van der Waals surface area (Å²) >= 11 is 2.01. The molecule has 0 unspecified atom stereocenters. The quantitative estimate of drug-likeness (QED) is 0.487. The molecule has 66 valence electrons. The van der Waals surface area contributed by atoms with Crippen LogP contribution in [0, 0.1) is 14.9 Å². The van der Waals surface area contributed by atoms with Crippen LogP contribution in [0.2, 0.25) is 0 Å². The van der Waals surface area contributed by atoms with E-state index in [0.717, 1.165) is 3.57 Å². The maximum atomic E-state index is 11.1. The zero-order valence-corrected chi connectivity index (χ0v) is 9.12. The minimum absolute atomic E-state index is 0.120. The molecular weight excluding hydrogens is 279 g/mol. The van der Waals surface area contributed by atoms with Crippen LogP contribution >= 0.6 is 22.6 Å².